The lowest BCUT2D eigenvalue weighted by Gasteiger charge is -2.25. The van der Waals surface area contributed by atoms with Crippen LogP contribution in [-0.2, 0) is 0 Å². The Morgan fingerprint density at radius 1 is 1.55 bits per heavy atom. The molecule has 2 heteroatoms. The predicted molar refractivity (Wildman–Crippen MR) is 46.6 cm³/mol. The van der Waals surface area contributed by atoms with Gasteiger partial charge in [0.1, 0.15) is 0 Å². The molecule has 1 fully saturated rings. The van der Waals surface area contributed by atoms with Gasteiger partial charge in [-0.1, -0.05) is 13.3 Å². The number of aliphatic hydroxyl groups excluding tert-OH is 1. The number of aliphatic hydroxyl groups is 1. The SMILES string of the molecule is CC[C@@H](O)C[C@@H]1CCCCN1. The van der Waals surface area contributed by atoms with Crippen LogP contribution in [0.3, 0.4) is 0 Å². The highest BCUT2D eigenvalue weighted by Crippen LogP contribution is 2.12. The molecule has 0 unspecified atom stereocenters. The fraction of sp³-hybridized carbons (Fsp3) is 1.00. The minimum absolute atomic E-state index is 0.0920. The van der Waals surface area contributed by atoms with Crippen LogP contribution in [0.4, 0.5) is 0 Å². The monoisotopic (exact) mass is 157 g/mol. The lowest BCUT2D eigenvalue weighted by Crippen LogP contribution is -2.36. The Labute approximate surface area is 69.0 Å². The standard InChI is InChI=1S/C9H19NO/c1-2-9(11)7-8-5-3-4-6-10-8/h8-11H,2-7H2,1H3/t8-,9+/m0/s1. The van der Waals surface area contributed by atoms with E-state index in [2.05, 4.69) is 5.32 Å². The summed E-state index contributed by atoms with van der Waals surface area (Å²) in [4.78, 5) is 0. The van der Waals surface area contributed by atoms with Crippen LogP contribution in [-0.4, -0.2) is 23.8 Å². The van der Waals surface area contributed by atoms with Crippen molar-refractivity contribution in [3.8, 4) is 0 Å². The normalized spacial score (nSPS) is 28.4. The van der Waals surface area contributed by atoms with Gasteiger partial charge >= 0.3 is 0 Å². The molecule has 0 aliphatic carbocycles. The molecule has 1 aliphatic heterocycles. The third-order valence-electron chi connectivity index (χ3n) is 2.44. The lowest BCUT2D eigenvalue weighted by atomic mass is 9.98. The zero-order chi connectivity index (χ0) is 8.10. The van der Waals surface area contributed by atoms with Gasteiger partial charge in [0.25, 0.3) is 0 Å². The summed E-state index contributed by atoms with van der Waals surface area (Å²) in [6.07, 6.45) is 5.61. The van der Waals surface area contributed by atoms with Crippen LogP contribution in [0.25, 0.3) is 0 Å². The van der Waals surface area contributed by atoms with Gasteiger partial charge in [0.2, 0.25) is 0 Å². The average molecular weight is 157 g/mol. The molecule has 0 radical (unpaired) electrons. The van der Waals surface area contributed by atoms with Crippen molar-refractivity contribution < 1.29 is 5.11 Å². The molecule has 11 heavy (non-hydrogen) atoms. The Bertz CT molecular complexity index is 99.7. The average Bonchev–Trinajstić information content (AvgIpc) is 2.06. The minimum atomic E-state index is -0.0920. The highest BCUT2D eigenvalue weighted by atomic mass is 16.3. The minimum Gasteiger partial charge on any atom is -0.393 e. The second-order valence-corrected chi connectivity index (χ2v) is 3.44. The van der Waals surface area contributed by atoms with E-state index in [9.17, 15) is 5.11 Å². The number of nitrogens with one attached hydrogen (secondary N) is 1. The van der Waals surface area contributed by atoms with Crippen molar-refractivity contribution in [2.75, 3.05) is 6.54 Å². The Kier molecular flexibility index (Phi) is 3.87. The summed E-state index contributed by atoms with van der Waals surface area (Å²) in [7, 11) is 0. The van der Waals surface area contributed by atoms with Gasteiger partial charge in [0, 0.05) is 6.04 Å². The quantitative estimate of drug-likeness (QED) is 0.647. The third kappa shape index (κ3) is 3.21. The van der Waals surface area contributed by atoms with Crippen LogP contribution in [0.5, 0.6) is 0 Å². The van der Waals surface area contributed by atoms with Gasteiger partial charge in [-0.05, 0) is 32.2 Å². The van der Waals surface area contributed by atoms with E-state index in [0.29, 0.717) is 6.04 Å². The van der Waals surface area contributed by atoms with E-state index in [1.807, 2.05) is 6.92 Å². The summed E-state index contributed by atoms with van der Waals surface area (Å²) < 4.78 is 0. The fourth-order valence-corrected chi connectivity index (χ4v) is 1.62. The summed E-state index contributed by atoms with van der Waals surface area (Å²) in [6, 6.07) is 0.582. The van der Waals surface area contributed by atoms with Crippen LogP contribution in [0.15, 0.2) is 0 Å². The van der Waals surface area contributed by atoms with Gasteiger partial charge in [0.15, 0.2) is 0 Å². The molecule has 0 aromatic rings. The van der Waals surface area contributed by atoms with Crippen molar-refractivity contribution in [2.45, 2.75) is 51.2 Å². The van der Waals surface area contributed by atoms with Crippen molar-refractivity contribution >= 4 is 0 Å². The van der Waals surface area contributed by atoms with Crippen molar-refractivity contribution in [2.24, 2.45) is 0 Å². The first-order valence-corrected chi connectivity index (χ1v) is 4.74. The van der Waals surface area contributed by atoms with E-state index in [1.165, 1.54) is 19.3 Å². The number of hydrogen-bond acceptors (Lipinski definition) is 2. The molecule has 66 valence electrons. The summed E-state index contributed by atoms with van der Waals surface area (Å²) in [5.74, 6) is 0. The van der Waals surface area contributed by atoms with Gasteiger partial charge in [0.05, 0.1) is 6.10 Å². The fourth-order valence-electron chi connectivity index (χ4n) is 1.62. The molecular weight excluding hydrogens is 138 g/mol. The molecule has 0 bridgehead atoms. The number of piperidine rings is 1. The molecule has 1 saturated heterocycles. The van der Waals surface area contributed by atoms with Crippen molar-refractivity contribution in [3.63, 3.8) is 0 Å². The molecular formula is C9H19NO. The van der Waals surface area contributed by atoms with E-state index in [4.69, 9.17) is 0 Å². The Hall–Kier alpha value is -0.0800. The van der Waals surface area contributed by atoms with Crippen LogP contribution in [0.1, 0.15) is 39.0 Å². The van der Waals surface area contributed by atoms with Crippen molar-refractivity contribution in [1.82, 2.24) is 5.32 Å². The smallest absolute Gasteiger partial charge is 0.0552 e. The van der Waals surface area contributed by atoms with Gasteiger partial charge in [-0.25, -0.2) is 0 Å². The molecule has 2 nitrogen and oxygen atoms in total. The third-order valence-corrected chi connectivity index (χ3v) is 2.44. The topological polar surface area (TPSA) is 32.3 Å². The van der Waals surface area contributed by atoms with Gasteiger partial charge in [-0.2, -0.15) is 0 Å². The van der Waals surface area contributed by atoms with Crippen LogP contribution in [0, 0.1) is 0 Å². The first kappa shape index (κ1) is 9.01. The zero-order valence-corrected chi connectivity index (χ0v) is 7.34. The van der Waals surface area contributed by atoms with Crippen LogP contribution >= 0.6 is 0 Å². The molecule has 1 aliphatic rings. The van der Waals surface area contributed by atoms with E-state index < -0.39 is 0 Å². The van der Waals surface area contributed by atoms with Gasteiger partial charge in [-0.15, -0.1) is 0 Å². The van der Waals surface area contributed by atoms with E-state index in [-0.39, 0.29) is 6.10 Å². The second-order valence-electron chi connectivity index (χ2n) is 3.44. The largest absolute Gasteiger partial charge is 0.393 e. The second kappa shape index (κ2) is 4.73. The Morgan fingerprint density at radius 3 is 2.91 bits per heavy atom. The predicted octanol–water partition coefficient (Wildman–Crippen LogP) is 1.29. The zero-order valence-electron chi connectivity index (χ0n) is 7.34. The Balaban J connectivity index is 2.13. The summed E-state index contributed by atoms with van der Waals surface area (Å²) >= 11 is 0. The summed E-state index contributed by atoms with van der Waals surface area (Å²) in [6.45, 7) is 3.18. The molecule has 2 N–H and O–H groups in total. The molecule has 0 spiro atoms. The van der Waals surface area contributed by atoms with Crippen molar-refractivity contribution in [3.05, 3.63) is 0 Å². The van der Waals surface area contributed by atoms with Gasteiger partial charge in [-0.3, -0.25) is 0 Å². The van der Waals surface area contributed by atoms with Crippen molar-refractivity contribution in [1.29, 1.82) is 0 Å². The molecule has 0 aromatic heterocycles. The highest BCUT2D eigenvalue weighted by molar-refractivity contribution is 4.74. The molecule has 2 atom stereocenters. The lowest BCUT2D eigenvalue weighted by molar-refractivity contribution is 0.139. The maximum atomic E-state index is 9.37. The molecule has 0 saturated carbocycles. The van der Waals surface area contributed by atoms with Gasteiger partial charge < -0.3 is 10.4 Å². The first-order chi connectivity index (χ1) is 5.33. The van der Waals surface area contributed by atoms with Crippen LogP contribution < -0.4 is 5.32 Å². The summed E-state index contributed by atoms with van der Waals surface area (Å²) in [5, 5.41) is 12.8. The van der Waals surface area contributed by atoms with E-state index in [1.54, 1.807) is 0 Å². The number of hydrogen-bond donors (Lipinski definition) is 2. The first-order valence-electron chi connectivity index (χ1n) is 4.74. The number of rotatable bonds is 3. The molecule has 0 amide bonds. The Morgan fingerprint density at radius 2 is 2.36 bits per heavy atom. The summed E-state index contributed by atoms with van der Waals surface area (Å²) in [5.41, 5.74) is 0. The maximum Gasteiger partial charge on any atom is 0.0552 e. The molecule has 0 aromatic carbocycles. The highest BCUT2D eigenvalue weighted by Gasteiger charge is 2.15. The molecule has 1 rings (SSSR count). The van der Waals surface area contributed by atoms with E-state index >= 15 is 0 Å². The van der Waals surface area contributed by atoms with Crippen LogP contribution in [0.2, 0.25) is 0 Å². The molecule has 1 heterocycles. The van der Waals surface area contributed by atoms with E-state index in [0.717, 1.165) is 19.4 Å². The maximum absolute atomic E-state index is 9.37.